The molecule has 0 unspecified atom stereocenters. The van der Waals surface area contributed by atoms with Crippen LogP contribution < -0.4 is 20.5 Å². The summed E-state index contributed by atoms with van der Waals surface area (Å²) < 4.78 is 56.4. The number of nitrogens with two attached hydrogens (primary N) is 1. The topological polar surface area (TPSA) is 170 Å². The number of amidine groups is 1. The molecular weight excluding hydrogens is 529 g/mol. The Morgan fingerprint density at radius 3 is 2.28 bits per heavy atom. The molecule has 0 aromatic heterocycles. The number of halogens is 3. The van der Waals surface area contributed by atoms with Crippen LogP contribution in [0.4, 0.5) is 18.9 Å². The number of carbonyl (C=O) groups is 4. The predicted octanol–water partition coefficient (Wildman–Crippen LogP) is 1.47. The maximum Gasteiger partial charge on any atom is 0.491 e. The van der Waals surface area contributed by atoms with Crippen LogP contribution in [0.25, 0.3) is 0 Å². The van der Waals surface area contributed by atoms with Gasteiger partial charge < -0.3 is 34.9 Å². The molecule has 3 rings (SSSR count). The number of rotatable bonds is 9. The van der Waals surface area contributed by atoms with E-state index in [-0.39, 0.29) is 49.1 Å². The molecule has 2 aromatic carbocycles. The number of amides is 2. The van der Waals surface area contributed by atoms with Gasteiger partial charge in [0, 0.05) is 24.3 Å². The summed E-state index contributed by atoms with van der Waals surface area (Å²) in [6.45, 7) is -0.457. The number of nitrogens with one attached hydrogen (secondary N) is 2. The zero-order valence-corrected chi connectivity index (χ0v) is 20.2. The molecule has 12 nitrogen and oxygen atoms in total. The molecular formula is C24H23F3N4O8. The van der Waals surface area contributed by atoms with Crippen LogP contribution in [0.5, 0.6) is 11.5 Å². The van der Waals surface area contributed by atoms with Gasteiger partial charge in [0.1, 0.15) is 17.3 Å². The number of hydrogen-bond donors (Lipinski definition) is 3. The normalized spacial score (nSPS) is 13.3. The van der Waals surface area contributed by atoms with Crippen molar-refractivity contribution in [3.05, 3.63) is 53.6 Å². The van der Waals surface area contributed by atoms with Gasteiger partial charge in [0.15, 0.2) is 13.2 Å². The van der Waals surface area contributed by atoms with Crippen molar-refractivity contribution in [1.29, 1.82) is 5.41 Å². The Bertz CT molecular complexity index is 1240. The number of nitrogens with zero attached hydrogens (tertiary/aromatic N) is 1. The number of ether oxygens (including phenoxy) is 4. The quantitative estimate of drug-likeness (QED) is 0.180. The van der Waals surface area contributed by atoms with Gasteiger partial charge in [0.2, 0.25) is 0 Å². The Balaban J connectivity index is 1.69. The van der Waals surface area contributed by atoms with Gasteiger partial charge in [-0.1, -0.05) is 0 Å². The summed E-state index contributed by atoms with van der Waals surface area (Å²) in [7, 11) is 0. The van der Waals surface area contributed by atoms with Gasteiger partial charge in [0.05, 0.1) is 18.8 Å². The van der Waals surface area contributed by atoms with Crippen LogP contribution in [-0.2, 0) is 23.9 Å². The first-order valence-electron chi connectivity index (χ1n) is 11.3. The largest absolute Gasteiger partial charge is 0.491 e. The zero-order valence-electron chi connectivity index (χ0n) is 20.2. The molecule has 1 aliphatic heterocycles. The minimum absolute atomic E-state index is 0.106. The fraction of sp³-hybridized carbons (Fsp3) is 0.292. The monoisotopic (exact) mass is 552 g/mol. The third kappa shape index (κ3) is 8.43. The first-order chi connectivity index (χ1) is 18.4. The summed E-state index contributed by atoms with van der Waals surface area (Å²) in [5.74, 6) is -5.42. The van der Waals surface area contributed by atoms with Gasteiger partial charge >= 0.3 is 18.1 Å². The van der Waals surface area contributed by atoms with Crippen LogP contribution in [0.15, 0.2) is 42.5 Å². The van der Waals surface area contributed by atoms with Crippen molar-refractivity contribution in [3.63, 3.8) is 0 Å². The standard InChI is InChI=1S/C24H23F3N4O8/c25-24(26,27)23(35)39-20(33)13-38-18-6-3-15(11-17(18)22(34)31-7-9-36-10-8-31)30-19(32)12-37-16-4-1-14(2-5-16)21(28)29/h1-6,11H,7-10,12-13H2,(H3,28,29)(H,30,32). The molecule has 2 amide bonds. The summed E-state index contributed by atoms with van der Waals surface area (Å²) >= 11 is 0. The number of benzene rings is 2. The van der Waals surface area contributed by atoms with Crippen LogP contribution in [0.1, 0.15) is 15.9 Å². The van der Waals surface area contributed by atoms with Crippen molar-refractivity contribution in [3.8, 4) is 11.5 Å². The van der Waals surface area contributed by atoms with Gasteiger partial charge in [-0.05, 0) is 42.5 Å². The highest BCUT2D eigenvalue weighted by molar-refractivity contribution is 6.00. The van der Waals surface area contributed by atoms with Crippen LogP contribution in [-0.4, -0.2) is 80.2 Å². The summed E-state index contributed by atoms with van der Waals surface area (Å²) in [5.41, 5.74) is 5.92. The lowest BCUT2D eigenvalue weighted by Crippen LogP contribution is -2.41. The highest BCUT2D eigenvalue weighted by Crippen LogP contribution is 2.26. The molecule has 0 radical (unpaired) electrons. The van der Waals surface area contributed by atoms with E-state index in [0.29, 0.717) is 11.3 Å². The summed E-state index contributed by atoms with van der Waals surface area (Å²) in [5, 5.41) is 9.92. The minimum Gasteiger partial charge on any atom is -0.484 e. The number of alkyl halides is 3. The molecule has 0 aliphatic carbocycles. The average molecular weight is 552 g/mol. The van der Waals surface area contributed by atoms with Crippen molar-refractivity contribution in [2.24, 2.45) is 5.73 Å². The lowest BCUT2D eigenvalue weighted by molar-refractivity contribution is -0.202. The van der Waals surface area contributed by atoms with E-state index in [0.717, 1.165) is 0 Å². The first kappa shape index (κ1) is 28.9. The number of esters is 2. The molecule has 0 saturated carbocycles. The molecule has 0 atom stereocenters. The van der Waals surface area contributed by atoms with E-state index in [9.17, 15) is 32.3 Å². The number of morpholine rings is 1. The second-order valence-corrected chi connectivity index (χ2v) is 7.94. The predicted molar refractivity (Wildman–Crippen MR) is 127 cm³/mol. The molecule has 208 valence electrons. The fourth-order valence-corrected chi connectivity index (χ4v) is 3.24. The molecule has 4 N–H and O–H groups in total. The molecule has 1 aliphatic rings. The number of hydrogen-bond acceptors (Lipinski definition) is 9. The minimum atomic E-state index is -5.37. The third-order valence-electron chi connectivity index (χ3n) is 5.11. The third-order valence-corrected chi connectivity index (χ3v) is 5.11. The Kier molecular flexibility index (Phi) is 9.43. The molecule has 1 fully saturated rings. The molecule has 0 spiro atoms. The zero-order chi connectivity index (χ0) is 28.6. The molecule has 39 heavy (non-hydrogen) atoms. The van der Waals surface area contributed by atoms with E-state index in [2.05, 4.69) is 10.1 Å². The fourth-order valence-electron chi connectivity index (χ4n) is 3.24. The van der Waals surface area contributed by atoms with Gasteiger partial charge in [-0.15, -0.1) is 0 Å². The molecule has 0 bridgehead atoms. The van der Waals surface area contributed by atoms with Crippen molar-refractivity contribution < 1.29 is 51.3 Å². The number of anilines is 1. The molecule has 1 heterocycles. The van der Waals surface area contributed by atoms with Crippen LogP contribution >= 0.6 is 0 Å². The van der Waals surface area contributed by atoms with E-state index in [1.807, 2.05) is 0 Å². The summed E-state index contributed by atoms with van der Waals surface area (Å²) in [6.07, 6.45) is -5.37. The van der Waals surface area contributed by atoms with E-state index in [1.165, 1.54) is 35.2 Å². The van der Waals surface area contributed by atoms with E-state index >= 15 is 0 Å². The second-order valence-electron chi connectivity index (χ2n) is 7.94. The maximum absolute atomic E-state index is 13.1. The Labute approximate surface area is 219 Å². The summed E-state index contributed by atoms with van der Waals surface area (Å²) in [6, 6.07) is 9.98. The van der Waals surface area contributed by atoms with Crippen molar-refractivity contribution in [2.75, 3.05) is 44.8 Å². The molecule has 15 heteroatoms. The van der Waals surface area contributed by atoms with Crippen molar-refractivity contribution in [2.45, 2.75) is 6.18 Å². The van der Waals surface area contributed by atoms with Crippen molar-refractivity contribution >= 4 is 35.3 Å². The molecule has 2 aromatic rings. The second kappa shape index (κ2) is 12.7. The Hall–Kier alpha value is -4.66. The van der Waals surface area contributed by atoms with Crippen LogP contribution in [0, 0.1) is 5.41 Å². The summed E-state index contributed by atoms with van der Waals surface area (Å²) in [4.78, 5) is 49.4. The lowest BCUT2D eigenvalue weighted by atomic mass is 10.1. The van der Waals surface area contributed by atoms with E-state index in [4.69, 9.17) is 25.4 Å². The van der Waals surface area contributed by atoms with Gasteiger partial charge in [-0.25, -0.2) is 9.59 Å². The smallest absolute Gasteiger partial charge is 0.484 e. The van der Waals surface area contributed by atoms with Gasteiger partial charge in [-0.2, -0.15) is 13.2 Å². The maximum atomic E-state index is 13.1. The van der Waals surface area contributed by atoms with Crippen LogP contribution in [0.3, 0.4) is 0 Å². The van der Waals surface area contributed by atoms with Gasteiger partial charge in [0.25, 0.3) is 11.8 Å². The first-order valence-corrected chi connectivity index (χ1v) is 11.3. The van der Waals surface area contributed by atoms with Crippen LogP contribution in [0.2, 0.25) is 0 Å². The SMILES string of the molecule is N=C(N)c1ccc(OCC(=O)Nc2ccc(OCC(=O)OC(=O)C(F)(F)F)c(C(=O)N3CCOCC3)c2)cc1. The highest BCUT2D eigenvalue weighted by atomic mass is 19.4. The van der Waals surface area contributed by atoms with Crippen molar-refractivity contribution in [1.82, 2.24) is 4.90 Å². The average Bonchev–Trinajstić information content (AvgIpc) is 2.91. The highest BCUT2D eigenvalue weighted by Gasteiger charge is 2.42. The lowest BCUT2D eigenvalue weighted by Gasteiger charge is -2.27. The van der Waals surface area contributed by atoms with E-state index < -0.39 is 43.1 Å². The van der Waals surface area contributed by atoms with Gasteiger partial charge in [-0.3, -0.25) is 15.0 Å². The number of nitrogen functional groups attached to an aromatic ring is 1. The Morgan fingerprint density at radius 2 is 1.67 bits per heavy atom. The van der Waals surface area contributed by atoms with E-state index in [1.54, 1.807) is 12.1 Å². The number of carbonyl (C=O) groups excluding carboxylic acids is 4. The Morgan fingerprint density at radius 1 is 1.00 bits per heavy atom. The molecule has 1 saturated heterocycles.